The summed E-state index contributed by atoms with van der Waals surface area (Å²) in [4.78, 5) is 10.9. The van der Waals surface area contributed by atoms with Crippen molar-refractivity contribution >= 4 is 27.6 Å². The number of halogens is 1. The van der Waals surface area contributed by atoms with E-state index < -0.39 is 5.97 Å². The number of benzene rings is 2. The second-order valence-corrected chi connectivity index (χ2v) is 5.34. The number of carbonyl (C=O) groups is 1. The van der Waals surface area contributed by atoms with Crippen molar-refractivity contribution in [2.75, 3.05) is 11.9 Å². The maximum Gasteiger partial charge on any atom is 0.335 e. The first kappa shape index (κ1) is 15.1. The van der Waals surface area contributed by atoms with Crippen molar-refractivity contribution in [2.24, 2.45) is 0 Å². The maximum atomic E-state index is 10.9. The summed E-state index contributed by atoms with van der Waals surface area (Å²) < 4.78 is 0.753. The monoisotopic (exact) mass is 344 g/mol. The van der Waals surface area contributed by atoms with Gasteiger partial charge in [-0.1, -0.05) is 12.1 Å². The van der Waals surface area contributed by atoms with Gasteiger partial charge in [0.05, 0.1) is 11.1 Å². The lowest BCUT2D eigenvalue weighted by Gasteiger charge is -2.08. The van der Waals surface area contributed by atoms with Crippen molar-refractivity contribution in [2.45, 2.75) is 6.42 Å². The van der Waals surface area contributed by atoms with Crippen molar-refractivity contribution < 1.29 is 9.90 Å². The lowest BCUT2D eigenvalue weighted by molar-refractivity contribution is 0.0697. The summed E-state index contributed by atoms with van der Waals surface area (Å²) >= 11 is 3.34. The van der Waals surface area contributed by atoms with E-state index >= 15 is 0 Å². The molecule has 0 aliphatic carbocycles. The Labute approximate surface area is 131 Å². The van der Waals surface area contributed by atoms with Gasteiger partial charge in [0.1, 0.15) is 6.07 Å². The summed E-state index contributed by atoms with van der Waals surface area (Å²) in [6, 6.07) is 14.4. The molecule has 2 rings (SSSR count). The number of carboxylic acids is 1. The Morgan fingerprint density at radius 2 is 2.10 bits per heavy atom. The number of nitrogens with zero attached hydrogens (tertiary/aromatic N) is 1. The van der Waals surface area contributed by atoms with Crippen LogP contribution in [0.15, 0.2) is 46.9 Å². The highest BCUT2D eigenvalue weighted by molar-refractivity contribution is 9.10. The molecule has 21 heavy (non-hydrogen) atoms. The molecule has 5 heteroatoms. The number of hydrogen-bond donors (Lipinski definition) is 2. The van der Waals surface area contributed by atoms with Crippen LogP contribution in [0.3, 0.4) is 0 Å². The fourth-order valence-electron chi connectivity index (χ4n) is 1.93. The minimum absolute atomic E-state index is 0.300. The maximum absolute atomic E-state index is 10.9. The predicted octanol–water partition coefficient (Wildman–Crippen LogP) is 3.67. The van der Waals surface area contributed by atoms with E-state index in [1.807, 2.05) is 18.2 Å². The molecule has 2 aromatic rings. The molecule has 0 aliphatic heterocycles. The molecular weight excluding hydrogens is 332 g/mol. The molecule has 2 N–H and O–H groups in total. The fourth-order valence-corrected chi connectivity index (χ4v) is 2.39. The second-order valence-electron chi connectivity index (χ2n) is 4.49. The summed E-state index contributed by atoms with van der Waals surface area (Å²) in [6.07, 6.45) is 0.721. The van der Waals surface area contributed by atoms with Gasteiger partial charge in [-0.25, -0.2) is 4.79 Å². The second kappa shape index (κ2) is 6.91. The van der Waals surface area contributed by atoms with E-state index in [0.717, 1.165) is 22.1 Å². The molecule has 0 aromatic heterocycles. The summed E-state index contributed by atoms with van der Waals surface area (Å²) in [5, 5.41) is 21.0. The zero-order valence-corrected chi connectivity index (χ0v) is 12.7. The van der Waals surface area contributed by atoms with Gasteiger partial charge in [0.2, 0.25) is 0 Å². The standard InChI is InChI=1S/C16H13BrN2O2/c17-15-9-14(5-4-13(15)10-18)19-7-6-11-2-1-3-12(8-11)16(20)21/h1-5,8-9,19H,6-7H2,(H,20,21). The van der Waals surface area contributed by atoms with Crippen LogP contribution in [0.25, 0.3) is 0 Å². The lowest BCUT2D eigenvalue weighted by Crippen LogP contribution is -2.06. The van der Waals surface area contributed by atoms with E-state index in [4.69, 9.17) is 10.4 Å². The van der Waals surface area contributed by atoms with E-state index in [0.29, 0.717) is 17.7 Å². The number of anilines is 1. The van der Waals surface area contributed by atoms with Gasteiger partial charge in [-0.2, -0.15) is 5.26 Å². The number of aromatic carboxylic acids is 1. The van der Waals surface area contributed by atoms with E-state index in [9.17, 15) is 4.79 Å². The average Bonchev–Trinajstić information content (AvgIpc) is 2.48. The quantitative estimate of drug-likeness (QED) is 0.867. The van der Waals surface area contributed by atoms with Gasteiger partial charge in [0.25, 0.3) is 0 Å². The smallest absolute Gasteiger partial charge is 0.335 e. The van der Waals surface area contributed by atoms with E-state index in [1.54, 1.807) is 24.3 Å². The van der Waals surface area contributed by atoms with Crippen LogP contribution in [0.4, 0.5) is 5.69 Å². The number of carboxylic acid groups (broad SMARTS) is 1. The first-order valence-electron chi connectivity index (χ1n) is 6.36. The SMILES string of the molecule is N#Cc1ccc(NCCc2cccc(C(=O)O)c2)cc1Br. The normalized spacial score (nSPS) is 9.90. The molecule has 2 aromatic carbocycles. The van der Waals surface area contributed by atoms with Crippen LogP contribution in [-0.4, -0.2) is 17.6 Å². The first-order chi connectivity index (χ1) is 10.1. The largest absolute Gasteiger partial charge is 0.478 e. The molecule has 106 valence electrons. The van der Waals surface area contributed by atoms with Crippen LogP contribution in [0.5, 0.6) is 0 Å². The van der Waals surface area contributed by atoms with Crippen LogP contribution in [0, 0.1) is 11.3 Å². The number of rotatable bonds is 5. The zero-order valence-electron chi connectivity index (χ0n) is 11.1. The third-order valence-corrected chi connectivity index (χ3v) is 3.66. The van der Waals surface area contributed by atoms with Crippen LogP contribution >= 0.6 is 15.9 Å². The predicted molar refractivity (Wildman–Crippen MR) is 84.5 cm³/mol. The minimum Gasteiger partial charge on any atom is -0.478 e. The minimum atomic E-state index is -0.916. The van der Waals surface area contributed by atoms with Crippen molar-refractivity contribution in [1.29, 1.82) is 5.26 Å². The van der Waals surface area contributed by atoms with Crippen LogP contribution in [-0.2, 0) is 6.42 Å². The topological polar surface area (TPSA) is 73.1 Å². The van der Waals surface area contributed by atoms with Gasteiger partial charge < -0.3 is 10.4 Å². The van der Waals surface area contributed by atoms with E-state index in [2.05, 4.69) is 27.3 Å². The molecule has 0 unspecified atom stereocenters. The third-order valence-electron chi connectivity index (χ3n) is 3.01. The molecular formula is C16H13BrN2O2. The number of nitrogens with one attached hydrogen (secondary N) is 1. The fraction of sp³-hybridized carbons (Fsp3) is 0.125. The molecule has 0 atom stereocenters. The third kappa shape index (κ3) is 4.07. The van der Waals surface area contributed by atoms with Crippen molar-refractivity contribution in [3.05, 3.63) is 63.6 Å². The molecule has 0 amide bonds. The molecule has 0 fully saturated rings. The van der Waals surface area contributed by atoms with E-state index in [-0.39, 0.29) is 0 Å². The van der Waals surface area contributed by atoms with Crippen LogP contribution in [0.1, 0.15) is 21.5 Å². The highest BCUT2D eigenvalue weighted by Crippen LogP contribution is 2.20. The average molecular weight is 345 g/mol. The van der Waals surface area contributed by atoms with Crippen LogP contribution < -0.4 is 5.32 Å². The van der Waals surface area contributed by atoms with Gasteiger partial charge in [0, 0.05) is 16.7 Å². The summed E-state index contributed by atoms with van der Waals surface area (Å²) in [7, 11) is 0. The van der Waals surface area contributed by atoms with Gasteiger partial charge in [-0.15, -0.1) is 0 Å². The Kier molecular flexibility index (Phi) is 4.96. The van der Waals surface area contributed by atoms with Gasteiger partial charge in [-0.05, 0) is 58.2 Å². The van der Waals surface area contributed by atoms with Gasteiger partial charge in [0.15, 0.2) is 0 Å². The van der Waals surface area contributed by atoms with Crippen molar-refractivity contribution in [1.82, 2.24) is 0 Å². The molecule has 4 nitrogen and oxygen atoms in total. The molecule has 0 saturated heterocycles. The molecule has 0 spiro atoms. The number of nitriles is 1. The molecule has 0 bridgehead atoms. The highest BCUT2D eigenvalue weighted by atomic mass is 79.9. The Morgan fingerprint density at radius 1 is 1.29 bits per heavy atom. The Hall–Kier alpha value is -2.32. The molecule has 0 heterocycles. The Balaban J connectivity index is 1.95. The summed E-state index contributed by atoms with van der Waals surface area (Å²) in [5.74, 6) is -0.916. The van der Waals surface area contributed by atoms with Crippen molar-refractivity contribution in [3.63, 3.8) is 0 Å². The molecule has 0 saturated carbocycles. The first-order valence-corrected chi connectivity index (χ1v) is 7.15. The van der Waals surface area contributed by atoms with Gasteiger partial charge in [-0.3, -0.25) is 0 Å². The molecule has 0 radical (unpaired) electrons. The summed E-state index contributed by atoms with van der Waals surface area (Å²) in [5.41, 5.74) is 2.77. The van der Waals surface area contributed by atoms with Crippen LogP contribution in [0.2, 0.25) is 0 Å². The zero-order chi connectivity index (χ0) is 15.2. The number of hydrogen-bond acceptors (Lipinski definition) is 3. The lowest BCUT2D eigenvalue weighted by atomic mass is 10.1. The summed E-state index contributed by atoms with van der Waals surface area (Å²) in [6.45, 7) is 0.682. The molecule has 0 aliphatic rings. The van der Waals surface area contributed by atoms with Crippen molar-refractivity contribution in [3.8, 4) is 6.07 Å². The van der Waals surface area contributed by atoms with Gasteiger partial charge >= 0.3 is 5.97 Å². The Morgan fingerprint density at radius 3 is 2.76 bits per heavy atom. The van der Waals surface area contributed by atoms with E-state index in [1.165, 1.54) is 0 Å². The highest BCUT2D eigenvalue weighted by Gasteiger charge is 2.03. The Bertz CT molecular complexity index is 708.